The molecule has 2 aromatic rings. The van der Waals surface area contributed by atoms with Crippen LogP contribution in [0, 0.1) is 5.92 Å². The molecule has 1 unspecified atom stereocenters. The number of carbonyl (C=O) groups is 2. The van der Waals surface area contributed by atoms with Crippen molar-refractivity contribution in [1.29, 1.82) is 0 Å². The van der Waals surface area contributed by atoms with E-state index in [1.165, 1.54) is 11.8 Å². The third-order valence-corrected chi connectivity index (χ3v) is 5.67. The number of H-pyrrole nitrogens is 1. The maximum Gasteiger partial charge on any atom is 0.281 e. The first kappa shape index (κ1) is 18.8. The van der Waals surface area contributed by atoms with E-state index < -0.39 is 0 Å². The van der Waals surface area contributed by atoms with E-state index in [9.17, 15) is 9.59 Å². The van der Waals surface area contributed by atoms with Gasteiger partial charge in [-0.2, -0.15) is 0 Å². The molecule has 0 bridgehead atoms. The average molecular weight is 374 g/mol. The summed E-state index contributed by atoms with van der Waals surface area (Å²) in [6.45, 7) is 7.70. The summed E-state index contributed by atoms with van der Waals surface area (Å²) in [4.78, 5) is 31.8. The number of nitrogens with one attached hydrogen (secondary N) is 1. The monoisotopic (exact) mass is 373 g/mol. The molecule has 26 heavy (non-hydrogen) atoms. The lowest BCUT2D eigenvalue weighted by Gasteiger charge is -2.31. The molecule has 1 fully saturated rings. The Kier molecular flexibility index (Phi) is 5.91. The van der Waals surface area contributed by atoms with Gasteiger partial charge in [0.05, 0.1) is 0 Å². The molecular formula is C20H27N3O2S. The van der Waals surface area contributed by atoms with Crippen molar-refractivity contribution in [3.63, 3.8) is 0 Å². The molecule has 3 rings (SSSR count). The number of hydrogen-bond donors (Lipinski definition) is 1. The highest BCUT2D eigenvalue weighted by molar-refractivity contribution is 8.13. The number of aromatic amines is 1. The minimum Gasteiger partial charge on any atom is -0.361 e. The van der Waals surface area contributed by atoms with Crippen LogP contribution < -0.4 is 4.90 Å². The second kappa shape index (κ2) is 8.16. The summed E-state index contributed by atoms with van der Waals surface area (Å²) in [6.07, 6.45) is 3.21. The Labute approximate surface area is 159 Å². The molecule has 1 atom stereocenters. The number of thioether (sulfide) groups is 1. The number of hydrogen-bond acceptors (Lipinski definition) is 3. The molecule has 2 amide bonds. The molecule has 0 aliphatic carbocycles. The summed E-state index contributed by atoms with van der Waals surface area (Å²) in [6, 6.07) is 8.23. The van der Waals surface area contributed by atoms with Crippen molar-refractivity contribution in [2.24, 2.45) is 5.92 Å². The van der Waals surface area contributed by atoms with E-state index in [1.54, 1.807) is 4.90 Å². The fraction of sp³-hybridized carbons (Fsp3) is 0.500. The Balaban J connectivity index is 1.79. The topological polar surface area (TPSA) is 56.4 Å². The normalized spacial score (nSPS) is 15.8. The van der Waals surface area contributed by atoms with Crippen LogP contribution in [-0.4, -0.2) is 45.9 Å². The molecule has 1 aliphatic rings. The van der Waals surface area contributed by atoms with Crippen LogP contribution in [0.5, 0.6) is 0 Å². The Morgan fingerprint density at radius 2 is 2.12 bits per heavy atom. The molecule has 0 spiro atoms. The van der Waals surface area contributed by atoms with Crippen LogP contribution >= 0.6 is 11.8 Å². The number of benzene rings is 1. The van der Waals surface area contributed by atoms with E-state index in [0.29, 0.717) is 18.9 Å². The van der Waals surface area contributed by atoms with Crippen molar-refractivity contribution < 1.29 is 9.59 Å². The lowest BCUT2D eigenvalue weighted by Crippen LogP contribution is -2.41. The van der Waals surface area contributed by atoms with Gasteiger partial charge in [0.1, 0.15) is 0 Å². The zero-order valence-corrected chi connectivity index (χ0v) is 16.5. The summed E-state index contributed by atoms with van der Waals surface area (Å²) in [5.41, 5.74) is 2.00. The molecule has 1 aliphatic heterocycles. The van der Waals surface area contributed by atoms with Crippen molar-refractivity contribution in [2.75, 3.05) is 23.7 Å². The van der Waals surface area contributed by atoms with Gasteiger partial charge >= 0.3 is 0 Å². The van der Waals surface area contributed by atoms with E-state index in [0.717, 1.165) is 35.3 Å². The molecule has 1 saturated heterocycles. The fourth-order valence-electron chi connectivity index (χ4n) is 3.60. The maximum absolute atomic E-state index is 13.1. The lowest BCUT2D eigenvalue weighted by atomic mass is 10.0. The third kappa shape index (κ3) is 4.23. The van der Waals surface area contributed by atoms with Gasteiger partial charge in [-0.25, -0.2) is 0 Å². The van der Waals surface area contributed by atoms with Gasteiger partial charge < -0.3 is 14.8 Å². The second-order valence-corrected chi connectivity index (χ2v) is 8.39. The van der Waals surface area contributed by atoms with Crippen LogP contribution in [0.15, 0.2) is 30.5 Å². The van der Waals surface area contributed by atoms with Crippen LogP contribution in [0.25, 0.3) is 10.9 Å². The van der Waals surface area contributed by atoms with E-state index in [2.05, 4.69) is 31.8 Å². The number of fused-ring (bicyclic) bond motifs is 1. The Morgan fingerprint density at radius 3 is 2.81 bits per heavy atom. The number of rotatable bonds is 7. The van der Waals surface area contributed by atoms with Crippen molar-refractivity contribution in [3.05, 3.63) is 30.5 Å². The largest absolute Gasteiger partial charge is 0.361 e. The Hall–Kier alpha value is -1.95. The average Bonchev–Trinajstić information content (AvgIpc) is 3.20. The van der Waals surface area contributed by atoms with Gasteiger partial charge in [0.25, 0.3) is 5.24 Å². The highest BCUT2D eigenvalue weighted by Gasteiger charge is 2.26. The van der Waals surface area contributed by atoms with E-state index in [-0.39, 0.29) is 17.2 Å². The number of carbonyl (C=O) groups excluding carboxylic acids is 2. The molecule has 1 N–H and O–H groups in total. The first-order valence-corrected chi connectivity index (χ1v) is 10.2. The maximum atomic E-state index is 13.1. The standard InChI is InChI=1S/C20H27N3O2S/c1-14(2)12-15(3)23(17-4-5-18-16(13-17)6-8-21-18)19(24)7-9-22-10-11-26-20(22)25/h4-6,8,13-15,21H,7,9-12H2,1-3H3. The number of anilines is 1. The molecule has 1 aromatic heterocycles. The lowest BCUT2D eigenvalue weighted by molar-refractivity contribution is -0.119. The van der Waals surface area contributed by atoms with Crippen molar-refractivity contribution in [1.82, 2.24) is 9.88 Å². The molecule has 0 radical (unpaired) electrons. The summed E-state index contributed by atoms with van der Waals surface area (Å²) < 4.78 is 0. The molecule has 1 aromatic carbocycles. The highest BCUT2D eigenvalue weighted by atomic mass is 32.2. The van der Waals surface area contributed by atoms with Crippen LogP contribution in [0.1, 0.15) is 33.6 Å². The van der Waals surface area contributed by atoms with E-state index in [4.69, 9.17) is 0 Å². The van der Waals surface area contributed by atoms with Crippen LogP contribution in [0.2, 0.25) is 0 Å². The second-order valence-electron chi connectivity index (χ2n) is 7.34. The van der Waals surface area contributed by atoms with E-state index in [1.807, 2.05) is 29.3 Å². The predicted octanol–water partition coefficient (Wildman–Crippen LogP) is 4.49. The Bertz CT molecular complexity index is 786. The number of amides is 2. The van der Waals surface area contributed by atoms with Crippen molar-refractivity contribution >= 4 is 39.5 Å². The quantitative estimate of drug-likeness (QED) is 0.778. The predicted molar refractivity (Wildman–Crippen MR) is 109 cm³/mol. The molecule has 6 heteroatoms. The molecule has 0 saturated carbocycles. The SMILES string of the molecule is CC(C)CC(C)N(C(=O)CCN1CCSC1=O)c1ccc2[nH]ccc2c1. The van der Waals surface area contributed by atoms with Crippen molar-refractivity contribution in [3.8, 4) is 0 Å². The third-order valence-electron chi connectivity index (χ3n) is 4.78. The zero-order valence-electron chi connectivity index (χ0n) is 15.7. The number of nitrogens with zero attached hydrogens (tertiary/aromatic N) is 2. The Morgan fingerprint density at radius 1 is 1.31 bits per heavy atom. The first-order valence-electron chi connectivity index (χ1n) is 9.26. The molecule has 2 heterocycles. The smallest absolute Gasteiger partial charge is 0.281 e. The number of aromatic nitrogens is 1. The van der Waals surface area contributed by atoms with Gasteiger partial charge in [-0.05, 0) is 43.5 Å². The van der Waals surface area contributed by atoms with Gasteiger partial charge in [0.2, 0.25) is 5.91 Å². The zero-order chi connectivity index (χ0) is 18.7. The van der Waals surface area contributed by atoms with Gasteiger partial charge in [-0.3, -0.25) is 9.59 Å². The minimum absolute atomic E-state index is 0.0812. The van der Waals surface area contributed by atoms with Gasteiger partial charge in [0, 0.05) is 54.1 Å². The van der Waals surface area contributed by atoms with Gasteiger partial charge in [-0.1, -0.05) is 25.6 Å². The van der Waals surface area contributed by atoms with Gasteiger partial charge in [0.15, 0.2) is 0 Å². The van der Waals surface area contributed by atoms with E-state index >= 15 is 0 Å². The fourth-order valence-corrected chi connectivity index (χ4v) is 4.45. The summed E-state index contributed by atoms with van der Waals surface area (Å²) in [5, 5.41) is 1.19. The summed E-state index contributed by atoms with van der Waals surface area (Å²) in [5.74, 6) is 1.41. The summed E-state index contributed by atoms with van der Waals surface area (Å²) in [7, 11) is 0. The molecule has 140 valence electrons. The van der Waals surface area contributed by atoms with Crippen LogP contribution in [-0.2, 0) is 4.79 Å². The summed E-state index contributed by atoms with van der Waals surface area (Å²) >= 11 is 1.34. The van der Waals surface area contributed by atoms with Crippen molar-refractivity contribution in [2.45, 2.75) is 39.7 Å². The van der Waals surface area contributed by atoms with Gasteiger partial charge in [-0.15, -0.1) is 0 Å². The molecular weight excluding hydrogens is 346 g/mol. The highest BCUT2D eigenvalue weighted by Crippen LogP contribution is 2.26. The minimum atomic E-state index is 0.0812. The van der Waals surface area contributed by atoms with Crippen LogP contribution in [0.3, 0.4) is 0 Å². The molecule has 5 nitrogen and oxygen atoms in total. The van der Waals surface area contributed by atoms with Crippen LogP contribution in [0.4, 0.5) is 10.5 Å². The first-order chi connectivity index (χ1) is 12.5.